The predicted octanol–water partition coefficient (Wildman–Crippen LogP) is 6.15. The van der Waals surface area contributed by atoms with Crippen molar-refractivity contribution in [3.05, 3.63) is 46.2 Å². The Balaban J connectivity index is 0.000000307. The van der Waals surface area contributed by atoms with Crippen LogP contribution < -0.4 is 11.1 Å². The number of nitrogen functional groups attached to an aromatic ring is 1. The number of hydrogen-bond acceptors (Lipinski definition) is 4. The highest BCUT2D eigenvalue weighted by atomic mass is 79.9. The summed E-state index contributed by atoms with van der Waals surface area (Å²) in [5, 5.41) is 2.98. The van der Waals surface area contributed by atoms with E-state index in [9.17, 15) is 26.3 Å². The highest BCUT2D eigenvalue weighted by Crippen LogP contribution is 2.36. The number of pyridine rings is 2. The molecule has 0 aliphatic heterocycles. The molecule has 156 valence electrons. The van der Waals surface area contributed by atoms with Gasteiger partial charge in [0, 0.05) is 22.4 Å². The number of anilines is 2. The standard InChI is InChI=1S/C11H14BrF3N2.C6H5F3N2/c1-4-10(2,3)17-9-5-7(11(13,14)15)8(12)6-16-9;7-6(8,9)4-2-1-3-11-5(4)10/h5-6H,4H2,1-3H3,(H,16,17);1-3H,(H2,10,11). The van der Waals surface area contributed by atoms with Crippen LogP contribution in [0.4, 0.5) is 38.0 Å². The average Bonchev–Trinajstić information content (AvgIpc) is 2.55. The predicted molar refractivity (Wildman–Crippen MR) is 98.6 cm³/mol. The highest BCUT2D eigenvalue weighted by molar-refractivity contribution is 9.10. The van der Waals surface area contributed by atoms with Gasteiger partial charge in [0.2, 0.25) is 0 Å². The van der Waals surface area contributed by atoms with Gasteiger partial charge in [0.1, 0.15) is 11.6 Å². The lowest BCUT2D eigenvalue weighted by Gasteiger charge is -2.25. The Morgan fingerprint density at radius 1 is 1.04 bits per heavy atom. The van der Waals surface area contributed by atoms with Crippen molar-refractivity contribution in [3.63, 3.8) is 0 Å². The molecule has 0 radical (unpaired) electrons. The van der Waals surface area contributed by atoms with Gasteiger partial charge in [-0.25, -0.2) is 9.97 Å². The molecule has 3 N–H and O–H groups in total. The molecule has 2 aromatic heterocycles. The summed E-state index contributed by atoms with van der Waals surface area (Å²) < 4.78 is 73.7. The molecule has 0 fully saturated rings. The molecule has 0 saturated carbocycles. The van der Waals surface area contributed by atoms with E-state index >= 15 is 0 Å². The van der Waals surface area contributed by atoms with Crippen molar-refractivity contribution >= 4 is 27.6 Å². The van der Waals surface area contributed by atoms with E-state index in [1.165, 1.54) is 12.3 Å². The van der Waals surface area contributed by atoms with E-state index in [2.05, 4.69) is 31.2 Å². The third kappa shape index (κ3) is 7.17. The molecule has 0 bridgehead atoms. The zero-order valence-electron chi connectivity index (χ0n) is 15.2. The fourth-order valence-electron chi connectivity index (χ4n) is 1.82. The van der Waals surface area contributed by atoms with Crippen molar-refractivity contribution in [1.82, 2.24) is 9.97 Å². The molecule has 4 nitrogen and oxygen atoms in total. The minimum absolute atomic E-state index is 0.0511. The lowest BCUT2D eigenvalue weighted by Crippen LogP contribution is -2.30. The van der Waals surface area contributed by atoms with Crippen LogP contribution in [0.25, 0.3) is 0 Å². The number of nitrogens with one attached hydrogen (secondary N) is 1. The number of nitrogens with zero attached hydrogens (tertiary/aromatic N) is 2. The summed E-state index contributed by atoms with van der Waals surface area (Å²) in [6.07, 6.45) is -5.62. The monoisotopic (exact) mass is 472 g/mol. The number of halogens is 7. The summed E-state index contributed by atoms with van der Waals surface area (Å²) in [7, 11) is 0. The molecule has 0 aromatic carbocycles. The number of hydrogen-bond donors (Lipinski definition) is 2. The summed E-state index contributed by atoms with van der Waals surface area (Å²) in [6, 6.07) is 3.10. The van der Waals surface area contributed by atoms with Gasteiger partial charge >= 0.3 is 12.4 Å². The van der Waals surface area contributed by atoms with Crippen LogP contribution in [0.5, 0.6) is 0 Å². The second-order valence-corrected chi connectivity index (χ2v) is 7.20. The summed E-state index contributed by atoms with van der Waals surface area (Å²) >= 11 is 2.85. The van der Waals surface area contributed by atoms with Crippen molar-refractivity contribution in [1.29, 1.82) is 0 Å². The van der Waals surface area contributed by atoms with Crippen LogP contribution in [0.2, 0.25) is 0 Å². The van der Waals surface area contributed by atoms with Crippen molar-refractivity contribution in [3.8, 4) is 0 Å². The second kappa shape index (κ2) is 8.97. The molecule has 0 saturated heterocycles. The Morgan fingerprint density at radius 2 is 1.61 bits per heavy atom. The lowest BCUT2D eigenvalue weighted by atomic mass is 10.0. The van der Waals surface area contributed by atoms with Gasteiger partial charge in [-0.05, 0) is 54.4 Å². The SMILES string of the molecule is CCC(C)(C)Nc1cc(C(F)(F)F)c(Br)cn1.Nc1ncccc1C(F)(F)F. The molecule has 0 aliphatic rings. The van der Waals surface area contributed by atoms with E-state index in [0.29, 0.717) is 0 Å². The van der Waals surface area contributed by atoms with Gasteiger partial charge in [-0.2, -0.15) is 26.3 Å². The molecule has 0 amide bonds. The molecule has 2 aromatic rings. The Hall–Kier alpha value is -2.04. The maximum Gasteiger partial charge on any atom is 0.419 e. The van der Waals surface area contributed by atoms with Gasteiger partial charge in [-0.1, -0.05) is 6.92 Å². The van der Waals surface area contributed by atoms with Crippen molar-refractivity contribution in [2.45, 2.75) is 45.1 Å². The molecule has 0 aliphatic carbocycles. The smallest absolute Gasteiger partial charge is 0.383 e. The van der Waals surface area contributed by atoms with Crippen LogP contribution in [-0.2, 0) is 12.4 Å². The minimum atomic E-state index is -4.40. The topological polar surface area (TPSA) is 63.8 Å². The first-order valence-corrected chi connectivity index (χ1v) is 8.75. The Kier molecular flexibility index (Phi) is 7.69. The molecule has 2 rings (SSSR count). The van der Waals surface area contributed by atoms with Crippen molar-refractivity contribution in [2.24, 2.45) is 0 Å². The minimum Gasteiger partial charge on any atom is -0.383 e. The van der Waals surface area contributed by atoms with Gasteiger partial charge in [0.05, 0.1) is 11.1 Å². The first kappa shape index (κ1) is 24.0. The molecule has 0 unspecified atom stereocenters. The van der Waals surface area contributed by atoms with Crippen LogP contribution >= 0.6 is 15.9 Å². The third-order valence-corrected chi connectivity index (χ3v) is 4.29. The van der Waals surface area contributed by atoms with Crippen LogP contribution in [0.15, 0.2) is 35.1 Å². The lowest BCUT2D eigenvalue weighted by molar-refractivity contribution is -0.138. The molecule has 2 heterocycles. The number of aromatic nitrogens is 2. The molecule has 28 heavy (non-hydrogen) atoms. The van der Waals surface area contributed by atoms with Crippen LogP contribution in [0.1, 0.15) is 38.3 Å². The van der Waals surface area contributed by atoms with Gasteiger partial charge < -0.3 is 11.1 Å². The molecular formula is C17H19BrF6N4. The number of rotatable bonds is 3. The van der Waals surface area contributed by atoms with E-state index < -0.39 is 29.3 Å². The van der Waals surface area contributed by atoms with E-state index in [1.54, 1.807) is 0 Å². The third-order valence-electron chi connectivity index (χ3n) is 3.66. The zero-order chi connectivity index (χ0) is 21.8. The van der Waals surface area contributed by atoms with Gasteiger partial charge in [-0.15, -0.1) is 0 Å². The van der Waals surface area contributed by atoms with Gasteiger partial charge in [0.25, 0.3) is 0 Å². The summed E-state index contributed by atoms with van der Waals surface area (Å²) in [5.41, 5.74) is 3.08. The Bertz CT molecular complexity index is 790. The van der Waals surface area contributed by atoms with Gasteiger partial charge in [0.15, 0.2) is 0 Å². The van der Waals surface area contributed by atoms with E-state index in [0.717, 1.165) is 24.8 Å². The fourth-order valence-corrected chi connectivity index (χ4v) is 2.26. The van der Waals surface area contributed by atoms with E-state index in [-0.39, 0.29) is 15.8 Å². The first-order valence-electron chi connectivity index (χ1n) is 7.96. The normalized spacial score (nSPS) is 12.2. The molecular weight excluding hydrogens is 454 g/mol. The maximum atomic E-state index is 12.7. The zero-order valence-corrected chi connectivity index (χ0v) is 16.8. The second-order valence-electron chi connectivity index (χ2n) is 6.34. The molecule has 0 atom stereocenters. The molecule has 11 heteroatoms. The largest absolute Gasteiger partial charge is 0.419 e. The van der Waals surface area contributed by atoms with Crippen LogP contribution in [0.3, 0.4) is 0 Å². The number of alkyl halides is 6. The summed E-state index contributed by atoms with van der Waals surface area (Å²) in [6.45, 7) is 5.77. The van der Waals surface area contributed by atoms with Crippen molar-refractivity contribution < 1.29 is 26.3 Å². The first-order chi connectivity index (χ1) is 12.7. The van der Waals surface area contributed by atoms with E-state index in [1.807, 2.05) is 20.8 Å². The van der Waals surface area contributed by atoms with Crippen LogP contribution in [0, 0.1) is 0 Å². The maximum absolute atomic E-state index is 12.7. The fraction of sp³-hybridized carbons (Fsp3) is 0.412. The number of nitrogens with two attached hydrogens (primary N) is 1. The molecule has 0 spiro atoms. The summed E-state index contributed by atoms with van der Waals surface area (Å²) in [5.74, 6) is -0.257. The summed E-state index contributed by atoms with van der Waals surface area (Å²) in [4.78, 5) is 7.23. The van der Waals surface area contributed by atoms with Crippen LogP contribution in [-0.4, -0.2) is 15.5 Å². The average molecular weight is 473 g/mol. The van der Waals surface area contributed by atoms with Crippen molar-refractivity contribution in [2.75, 3.05) is 11.1 Å². The quantitative estimate of drug-likeness (QED) is 0.526. The van der Waals surface area contributed by atoms with Gasteiger partial charge in [-0.3, -0.25) is 0 Å². The van der Waals surface area contributed by atoms with E-state index in [4.69, 9.17) is 5.73 Å². The Morgan fingerprint density at radius 3 is 2.04 bits per heavy atom. The highest BCUT2D eigenvalue weighted by Gasteiger charge is 2.34. The Labute approximate surface area is 166 Å².